The molecule has 2 aromatic rings. The molecule has 3 amide bonds. The van der Waals surface area contributed by atoms with Crippen LogP contribution in [0, 0.1) is 11.8 Å². The maximum atomic E-state index is 13.9. The van der Waals surface area contributed by atoms with Crippen molar-refractivity contribution in [3.63, 3.8) is 0 Å². The highest BCUT2D eigenvalue weighted by Crippen LogP contribution is 2.61. The van der Waals surface area contributed by atoms with Gasteiger partial charge in [0, 0.05) is 39.3 Å². The van der Waals surface area contributed by atoms with Crippen molar-refractivity contribution in [2.24, 2.45) is 17.6 Å². The quantitative estimate of drug-likeness (QED) is 0.554. The first-order chi connectivity index (χ1) is 15.6. The monoisotopic (exact) mass is 524 g/mol. The summed E-state index contributed by atoms with van der Waals surface area (Å²) in [4.78, 5) is 44.4. The second-order valence-electron chi connectivity index (χ2n) is 8.89. The minimum Gasteiger partial charge on any atom is -0.326 e. The Morgan fingerprint density at radius 2 is 1.61 bits per heavy atom. The van der Waals surface area contributed by atoms with E-state index >= 15 is 0 Å². The van der Waals surface area contributed by atoms with E-state index in [0.717, 1.165) is 4.90 Å². The van der Waals surface area contributed by atoms with Crippen LogP contribution in [0.15, 0.2) is 30.3 Å². The van der Waals surface area contributed by atoms with Crippen LogP contribution in [0.2, 0.25) is 20.1 Å². The molecule has 0 aromatic heterocycles. The molecule has 2 aromatic carbocycles. The van der Waals surface area contributed by atoms with E-state index in [1.165, 1.54) is 24.3 Å². The molecule has 6 rings (SSSR count). The van der Waals surface area contributed by atoms with Crippen LogP contribution in [0.5, 0.6) is 0 Å². The molecule has 0 radical (unpaired) electrons. The first kappa shape index (κ1) is 21.6. The summed E-state index contributed by atoms with van der Waals surface area (Å²) in [6.45, 7) is 0.359. The number of fused-ring (bicyclic) bond motifs is 7. The SMILES string of the molecule is N[C@@H]1CC2C3C(=O)N(c4cc(Cl)cc(Cl)c4)C(=O)C3C3(C(=O)Nc4c(Cl)cc(Cl)cc43)N2C1. The van der Waals surface area contributed by atoms with Crippen LogP contribution in [0.3, 0.4) is 0 Å². The summed E-state index contributed by atoms with van der Waals surface area (Å²) in [6, 6.07) is 7.05. The second kappa shape index (κ2) is 7.07. The van der Waals surface area contributed by atoms with Gasteiger partial charge >= 0.3 is 0 Å². The summed E-state index contributed by atoms with van der Waals surface area (Å²) in [6.07, 6.45) is 0.475. The topological polar surface area (TPSA) is 95.7 Å². The molecule has 170 valence electrons. The van der Waals surface area contributed by atoms with E-state index in [0.29, 0.717) is 29.2 Å². The molecule has 0 bridgehead atoms. The molecule has 5 atom stereocenters. The Morgan fingerprint density at radius 1 is 0.939 bits per heavy atom. The zero-order chi connectivity index (χ0) is 23.4. The average Bonchev–Trinajstić information content (AvgIpc) is 3.37. The van der Waals surface area contributed by atoms with Crippen LogP contribution in [0.25, 0.3) is 0 Å². The third-order valence-electron chi connectivity index (χ3n) is 7.20. The van der Waals surface area contributed by atoms with E-state index in [9.17, 15) is 14.4 Å². The van der Waals surface area contributed by atoms with Gasteiger partial charge in [-0.15, -0.1) is 0 Å². The first-order valence-corrected chi connectivity index (χ1v) is 11.8. The van der Waals surface area contributed by atoms with Crippen molar-refractivity contribution in [3.05, 3.63) is 56.0 Å². The van der Waals surface area contributed by atoms with Crippen LogP contribution in [-0.2, 0) is 19.9 Å². The Balaban J connectivity index is 1.58. The van der Waals surface area contributed by atoms with Gasteiger partial charge < -0.3 is 11.1 Å². The van der Waals surface area contributed by atoms with Crippen molar-refractivity contribution in [1.29, 1.82) is 0 Å². The smallest absolute Gasteiger partial charge is 0.250 e. The molecule has 7 nitrogen and oxygen atoms in total. The van der Waals surface area contributed by atoms with Crippen LogP contribution in [0.1, 0.15) is 12.0 Å². The maximum Gasteiger partial charge on any atom is 0.250 e. The number of hydrogen-bond acceptors (Lipinski definition) is 5. The molecule has 1 spiro atoms. The van der Waals surface area contributed by atoms with Crippen LogP contribution >= 0.6 is 46.4 Å². The number of hydrogen-bond donors (Lipinski definition) is 2. The summed E-state index contributed by atoms with van der Waals surface area (Å²) < 4.78 is 0. The zero-order valence-corrected chi connectivity index (χ0v) is 19.8. The molecule has 3 saturated heterocycles. The number of carbonyl (C=O) groups excluding carboxylic acids is 3. The molecular formula is C22H16Cl4N4O3. The van der Waals surface area contributed by atoms with E-state index in [1.807, 2.05) is 4.90 Å². The van der Waals surface area contributed by atoms with Crippen molar-refractivity contribution < 1.29 is 14.4 Å². The highest BCUT2D eigenvalue weighted by atomic mass is 35.5. The van der Waals surface area contributed by atoms with Crippen molar-refractivity contribution in [3.8, 4) is 0 Å². The van der Waals surface area contributed by atoms with Gasteiger partial charge in [0.25, 0.3) is 5.91 Å². The van der Waals surface area contributed by atoms with E-state index in [-0.39, 0.29) is 26.8 Å². The van der Waals surface area contributed by atoms with Gasteiger partial charge in [0.05, 0.1) is 28.2 Å². The summed E-state index contributed by atoms with van der Waals surface area (Å²) >= 11 is 25.0. The van der Waals surface area contributed by atoms with Gasteiger partial charge in [0.2, 0.25) is 11.8 Å². The third kappa shape index (κ3) is 2.69. The number of benzene rings is 2. The van der Waals surface area contributed by atoms with E-state index in [2.05, 4.69) is 5.32 Å². The van der Waals surface area contributed by atoms with Crippen LogP contribution < -0.4 is 16.0 Å². The lowest BCUT2D eigenvalue weighted by atomic mass is 9.75. The fraction of sp³-hybridized carbons (Fsp3) is 0.318. The number of halogens is 4. The van der Waals surface area contributed by atoms with Crippen LogP contribution in [-0.4, -0.2) is 41.2 Å². The van der Waals surface area contributed by atoms with Crippen molar-refractivity contribution in [2.45, 2.75) is 24.0 Å². The fourth-order valence-electron chi connectivity index (χ4n) is 6.19. The minimum absolute atomic E-state index is 0.253. The number of carbonyl (C=O) groups is 3. The fourth-order valence-corrected chi connectivity index (χ4v) is 7.25. The molecule has 4 unspecified atom stereocenters. The predicted molar refractivity (Wildman–Crippen MR) is 126 cm³/mol. The number of imide groups is 1. The van der Waals surface area contributed by atoms with Gasteiger partial charge in [-0.2, -0.15) is 0 Å². The normalized spacial score (nSPS) is 32.5. The summed E-state index contributed by atoms with van der Waals surface area (Å²) in [7, 11) is 0. The molecule has 0 aliphatic carbocycles. The third-order valence-corrected chi connectivity index (χ3v) is 8.15. The number of nitrogens with one attached hydrogen (secondary N) is 1. The number of nitrogens with two attached hydrogens (primary N) is 1. The molecule has 33 heavy (non-hydrogen) atoms. The lowest BCUT2D eigenvalue weighted by molar-refractivity contribution is -0.135. The molecular weight excluding hydrogens is 510 g/mol. The van der Waals surface area contributed by atoms with Crippen LogP contribution in [0.4, 0.5) is 11.4 Å². The Kier molecular flexibility index (Phi) is 4.64. The van der Waals surface area contributed by atoms with Crippen molar-refractivity contribution in [1.82, 2.24) is 4.90 Å². The molecule has 0 saturated carbocycles. The lowest BCUT2D eigenvalue weighted by Gasteiger charge is -2.37. The van der Waals surface area contributed by atoms with Gasteiger partial charge in [-0.25, -0.2) is 4.90 Å². The minimum atomic E-state index is -1.45. The van der Waals surface area contributed by atoms with Crippen molar-refractivity contribution >= 4 is 75.5 Å². The Bertz CT molecular complexity index is 1270. The highest BCUT2D eigenvalue weighted by Gasteiger charge is 2.75. The Labute approximate surface area is 208 Å². The maximum absolute atomic E-state index is 13.9. The van der Waals surface area contributed by atoms with Gasteiger partial charge in [0.1, 0.15) is 5.54 Å². The Hall–Kier alpha value is -1.87. The van der Waals surface area contributed by atoms with Gasteiger partial charge in [0.15, 0.2) is 0 Å². The summed E-state index contributed by atoms with van der Waals surface area (Å²) in [5, 5.41) is 4.01. The van der Waals surface area contributed by atoms with Gasteiger partial charge in [-0.1, -0.05) is 46.4 Å². The average molecular weight is 526 g/mol. The highest BCUT2D eigenvalue weighted by molar-refractivity contribution is 6.38. The summed E-state index contributed by atoms with van der Waals surface area (Å²) in [5.74, 6) is -3.06. The number of rotatable bonds is 1. The molecule has 4 heterocycles. The predicted octanol–water partition coefficient (Wildman–Crippen LogP) is 3.67. The molecule has 3 N–H and O–H groups in total. The summed E-state index contributed by atoms with van der Waals surface area (Å²) in [5.41, 5.74) is 5.99. The van der Waals surface area contributed by atoms with E-state index in [1.54, 1.807) is 6.07 Å². The molecule has 3 fully saturated rings. The largest absolute Gasteiger partial charge is 0.326 e. The molecule has 4 aliphatic heterocycles. The van der Waals surface area contributed by atoms with E-state index < -0.39 is 41.1 Å². The van der Waals surface area contributed by atoms with Gasteiger partial charge in [-0.05, 0) is 36.8 Å². The number of nitrogens with zero attached hydrogens (tertiary/aromatic N) is 2. The van der Waals surface area contributed by atoms with Crippen molar-refractivity contribution in [2.75, 3.05) is 16.8 Å². The lowest BCUT2D eigenvalue weighted by Crippen LogP contribution is -2.54. The number of amides is 3. The first-order valence-electron chi connectivity index (χ1n) is 10.3. The zero-order valence-electron chi connectivity index (χ0n) is 16.8. The molecule has 11 heteroatoms. The van der Waals surface area contributed by atoms with E-state index in [4.69, 9.17) is 52.1 Å². The molecule has 4 aliphatic rings. The second-order valence-corrected chi connectivity index (χ2v) is 10.6. The van der Waals surface area contributed by atoms with Gasteiger partial charge in [-0.3, -0.25) is 19.3 Å². The number of anilines is 2. The standard InChI is InChI=1S/C22H16Cl4N4O3/c23-8-1-9(24)3-12(2-8)30-19(31)16-15-6-11(27)7-29(15)22(17(16)20(30)32)13-4-10(25)5-14(26)18(13)28-21(22)33/h1-5,11,15-17H,6-7,27H2,(H,28,33)/t11-,15?,16?,17?,22?/m1/s1. The Morgan fingerprint density at radius 3 is 2.30 bits per heavy atom.